The summed E-state index contributed by atoms with van der Waals surface area (Å²) in [5, 5.41) is 6.66. The van der Waals surface area contributed by atoms with Gasteiger partial charge in [0.15, 0.2) is 0 Å². The number of benzene rings is 6. The van der Waals surface area contributed by atoms with Gasteiger partial charge in [0.25, 0.3) is 0 Å². The van der Waals surface area contributed by atoms with Crippen LogP contribution in [0.4, 0.5) is 17.1 Å². The second-order valence-corrected chi connectivity index (χ2v) is 22.1. The largest absolute Gasteiger partial charge is 3.00 e. The molecule has 0 saturated heterocycles. The van der Waals surface area contributed by atoms with Crippen molar-refractivity contribution in [2.24, 2.45) is 5.92 Å². The topological polar surface area (TPSA) is 30.2 Å². The smallest absolute Gasteiger partial charge is 0.661 e. The summed E-state index contributed by atoms with van der Waals surface area (Å²) >= 11 is 0. The average Bonchev–Trinajstić information content (AvgIpc) is 3.71. The number of nitrogens with zero attached hydrogens (tertiary/aromatic N) is 3. The van der Waals surface area contributed by atoms with Crippen LogP contribution in [-0.4, -0.2) is 13.1 Å². The van der Waals surface area contributed by atoms with Gasteiger partial charge >= 0.3 is 20.1 Å². The summed E-state index contributed by atoms with van der Waals surface area (Å²) in [4.78, 5) is 7.03. The van der Waals surface area contributed by atoms with Gasteiger partial charge in [-0.3, -0.25) is 0 Å². The molecule has 2 aliphatic rings. The van der Waals surface area contributed by atoms with Crippen LogP contribution in [0.1, 0.15) is 56.1 Å². The van der Waals surface area contributed by atoms with E-state index >= 15 is 0 Å². The molecule has 286 valence electrons. The number of pyridine rings is 1. The average molecular weight is 937 g/mol. The normalized spacial score (nSPS) is 14.7. The van der Waals surface area contributed by atoms with Crippen molar-refractivity contribution in [1.82, 2.24) is 4.98 Å². The standard InChI is InChI=1S/C34H26N2.C18H24NSi.Ir/c1-34(2)29-13-7-6-12-27(29)28-22-25(18-21-30(28)34)33-35-31-14-8-9-15-32(31)36(33)26-19-16-24(17-20-26)23-10-4-3-5-11-23;1-14(2)11-16-12-17(15-9-7-6-8-10-15)19-13-18(16)20(3,4)5;/h3-17,19-22,33H,1-2H3;6-9,12-14H,11H2,1-5H3;/q-2;-1;+3. The number of rotatable bonds is 7. The molecule has 6 aromatic carbocycles. The van der Waals surface area contributed by atoms with E-state index in [0.29, 0.717) is 5.92 Å². The molecule has 1 aromatic heterocycles. The quantitative estimate of drug-likeness (QED) is 0.118. The fourth-order valence-corrected chi connectivity index (χ4v) is 9.91. The first kappa shape index (κ1) is 40.1. The van der Waals surface area contributed by atoms with E-state index in [1.807, 2.05) is 18.2 Å². The Hall–Kier alpha value is -5.06. The van der Waals surface area contributed by atoms with Gasteiger partial charge in [-0.25, -0.2) is 0 Å². The van der Waals surface area contributed by atoms with Crippen LogP contribution in [-0.2, 0) is 31.9 Å². The van der Waals surface area contributed by atoms with E-state index in [2.05, 4.69) is 203 Å². The summed E-state index contributed by atoms with van der Waals surface area (Å²) in [5.41, 5.74) is 15.7. The minimum atomic E-state index is -1.34. The summed E-state index contributed by atoms with van der Waals surface area (Å²) in [5.74, 6) is 0.667. The Kier molecular flexibility index (Phi) is 11.6. The number of hydrogen-bond acceptors (Lipinski definition) is 2. The Morgan fingerprint density at radius 3 is 2.14 bits per heavy atom. The molecule has 0 spiro atoms. The summed E-state index contributed by atoms with van der Waals surface area (Å²) < 4.78 is 0. The first-order valence-corrected chi connectivity index (χ1v) is 23.4. The number of aromatic nitrogens is 1. The van der Waals surface area contributed by atoms with Crippen LogP contribution in [0.25, 0.3) is 38.8 Å². The molecule has 1 atom stereocenters. The molecule has 1 unspecified atom stereocenters. The number of para-hydroxylation sites is 2. The van der Waals surface area contributed by atoms with Gasteiger partial charge < -0.3 is 15.2 Å². The van der Waals surface area contributed by atoms with Crippen molar-refractivity contribution in [3.05, 3.63) is 191 Å². The molecule has 57 heavy (non-hydrogen) atoms. The van der Waals surface area contributed by atoms with Crippen LogP contribution in [0.2, 0.25) is 19.6 Å². The Bertz CT molecular complexity index is 2470. The Labute approximate surface area is 354 Å². The molecule has 2 heterocycles. The van der Waals surface area contributed by atoms with Gasteiger partial charge in [-0.1, -0.05) is 144 Å². The van der Waals surface area contributed by atoms with Crippen molar-refractivity contribution in [3.63, 3.8) is 0 Å². The van der Waals surface area contributed by atoms with E-state index in [1.165, 1.54) is 44.1 Å². The maximum Gasteiger partial charge on any atom is 3.00 e. The van der Waals surface area contributed by atoms with Crippen molar-refractivity contribution in [2.75, 3.05) is 4.90 Å². The minimum absolute atomic E-state index is 0. The van der Waals surface area contributed by atoms with E-state index in [4.69, 9.17) is 5.32 Å². The third-order valence-electron chi connectivity index (χ3n) is 11.1. The molecule has 0 fully saturated rings. The van der Waals surface area contributed by atoms with E-state index in [1.54, 1.807) is 0 Å². The summed E-state index contributed by atoms with van der Waals surface area (Å²) in [6, 6.07) is 58.3. The molecule has 3 nitrogen and oxygen atoms in total. The number of fused-ring (bicyclic) bond motifs is 4. The van der Waals surface area contributed by atoms with Gasteiger partial charge in [-0.05, 0) is 75.3 Å². The van der Waals surface area contributed by atoms with Gasteiger partial charge in [-0.2, -0.15) is 23.8 Å². The summed E-state index contributed by atoms with van der Waals surface area (Å²) in [6.45, 7) is 16.3. The molecule has 1 aliphatic carbocycles. The maximum atomic E-state index is 5.17. The van der Waals surface area contributed by atoms with Crippen molar-refractivity contribution in [3.8, 4) is 33.5 Å². The monoisotopic (exact) mass is 937 g/mol. The van der Waals surface area contributed by atoms with Crippen LogP contribution in [0, 0.1) is 18.1 Å². The molecule has 0 bridgehead atoms. The first-order valence-electron chi connectivity index (χ1n) is 19.9. The Balaban J connectivity index is 0.000000202. The molecule has 0 N–H and O–H groups in total. The van der Waals surface area contributed by atoms with Crippen LogP contribution in [0.5, 0.6) is 0 Å². The first-order chi connectivity index (χ1) is 27.0. The van der Waals surface area contributed by atoms with Gasteiger partial charge in [0.1, 0.15) is 0 Å². The van der Waals surface area contributed by atoms with Gasteiger partial charge in [0, 0.05) is 17.6 Å². The van der Waals surface area contributed by atoms with Crippen molar-refractivity contribution in [1.29, 1.82) is 0 Å². The van der Waals surface area contributed by atoms with Crippen molar-refractivity contribution in [2.45, 2.75) is 65.3 Å². The maximum absolute atomic E-state index is 5.17. The molecule has 1 aliphatic heterocycles. The fraction of sp³-hybridized carbons (Fsp3) is 0.212. The van der Waals surface area contributed by atoms with E-state index < -0.39 is 8.07 Å². The minimum Gasteiger partial charge on any atom is -0.661 e. The molecular formula is C52H50IrN3Si. The third-order valence-corrected chi connectivity index (χ3v) is 13.2. The SMILES string of the molecule is CC(C)Cc1cc(-c2[c-]cccc2)ncc1[Si](C)(C)C.CC1(C)c2c[c-]c(C3[N-]c4ccccc4N3c3ccc(-c4ccccc4)cc3)cc2-c2ccccc21.[Ir+3]. The van der Waals surface area contributed by atoms with Crippen LogP contribution < -0.4 is 10.1 Å². The molecule has 0 saturated carbocycles. The zero-order valence-corrected chi connectivity index (χ0v) is 37.4. The molecule has 0 amide bonds. The second-order valence-electron chi connectivity index (χ2n) is 17.0. The number of hydrogen-bond donors (Lipinski definition) is 0. The predicted molar refractivity (Wildman–Crippen MR) is 239 cm³/mol. The van der Waals surface area contributed by atoms with Gasteiger partial charge in [-0.15, -0.1) is 52.7 Å². The third kappa shape index (κ3) is 8.07. The second kappa shape index (κ2) is 16.4. The van der Waals surface area contributed by atoms with E-state index in [9.17, 15) is 0 Å². The fourth-order valence-electron chi connectivity index (χ4n) is 8.32. The zero-order valence-electron chi connectivity index (χ0n) is 34.0. The molecule has 0 radical (unpaired) electrons. The zero-order chi connectivity index (χ0) is 39.0. The van der Waals surface area contributed by atoms with Gasteiger partial charge in [0.2, 0.25) is 0 Å². The summed E-state index contributed by atoms with van der Waals surface area (Å²) in [6.07, 6.45) is 3.08. The van der Waals surface area contributed by atoms with E-state index in [-0.39, 0.29) is 31.7 Å². The Morgan fingerprint density at radius 2 is 1.42 bits per heavy atom. The van der Waals surface area contributed by atoms with Crippen molar-refractivity contribution < 1.29 is 20.1 Å². The van der Waals surface area contributed by atoms with Crippen LogP contribution in [0.3, 0.4) is 0 Å². The van der Waals surface area contributed by atoms with Crippen molar-refractivity contribution >= 4 is 30.3 Å². The number of anilines is 2. The predicted octanol–water partition coefficient (Wildman–Crippen LogP) is 13.6. The molecule has 5 heteroatoms. The van der Waals surface area contributed by atoms with Crippen LogP contribution in [0.15, 0.2) is 152 Å². The molecule has 7 aromatic rings. The van der Waals surface area contributed by atoms with Crippen LogP contribution >= 0.6 is 0 Å². The van der Waals surface area contributed by atoms with E-state index in [0.717, 1.165) is 40.3 Å². The Morgan fingerprint density at radius 1 is 0.737 bits per heavy atom. The molecule has 9 rings (SSSR count). The van der Waals surface area contributed by atoms with Gasteiger partial charge in [0.05, 0.1) is 8.07 Å². The molecular weight excluding hydrogens is 887 g/mol. The summed E-state index contributed by atoms with van der Waals surface area (Å²) in [7, 11) is -1.34.